The van der Waals surface area contributed by atoms with Crippen LogP contribution in [0.5, 0.6) is 0 Å². The Balaban J connectivity index is 2.07. The van der Waals surface area contributed by atoms with Crippen molar-refractivity contribution in [2.45, 2.75) is 44.0 Å². The summed E-state index contributed by atoms with van der Waals surface area (Å²) in [5, 5.41) is 14.1. The van der Waals surface area contributed by atoms with Gasteiger partial charge in [-0.25, -0.2) is 12.8 Å². The molecular formula is C22H26ClFN6O3S. The maximum Gasteiger partial charge on any atom is 0.241 e. The minimum absolute atomic E-state index is 0.0521. The highest BCUT2D eigenvalue weighted by molar-refractivity contribution is 7.89. The minimum atomic E-state index is -4.22. The van der Waals surface area contributed by atoms with Crippen LogP contribution >= 0.6 is 11.6 Å². The van der Waals surface area contributed by atoms with E-state index in [4.69, 9.17) is 11.6 Å². The molecule has 1 heterocycles. The van der Waals surface area contributed by atoms with Crippen molar-refractivity contribution in [1.82, 2.24) is 30.2 Å². The van der Waals surface area contributed by atoms with Gasteiger partial charge in [0.25, 0.3) is 0 Å². The molecule has 0 saturated carbocycles. The predicted molar refractivity (Wildman–Crippen MR) is 125 cm³/mol. The Bertz CT molecular complexity index is 1300. The van der Waals surface area contributed by atoms with Gasteiger partial charge in [-0.15, -0.1) is 10.2 Å². The molecule has 1 aromatic heterocycles. The van der Waals surface area contributed by atoms with Crippen LogP contribution in [0.3, 0.4) is 0 Å². The van der Waals surface area contributed by atoms with Crippen LogP contribution in [0.25, 0.3) is 0 Å². The zero-order valence-electron chi connectivity index (χ0n) is 19.4. The molecule has 0 saturated heterocycles. The number of carbonyl (C=O) groups is 1. The maximum atomic E-state index is 14.9. The number of rotatable bonds is 8. The average molecular weight is 509 g/mol. The fraction of sp³-hybridized carbons (Fsp3) is 0.364. The minimum Gasteiger partial charge on any atom is -0.349 e. The van der Waals surface area contributed by atoms with Gasteiger partial charge in [-0.05, 0) is 60.4 Å². The molecule has 0 fully saturated rings. The molecular weight excluding hydrogens is 483 g/mol. The van der Waals surface area contributed by atoms with E-state index >= 15 is 0 Å². The number of nitrogens with one attached hydrogen (secondary N) is 2. The van der Waals surface area contributed by atoms with Crippen molar-refractivity contribution >= 4 is 27.5 Å². The number of amides is 1. The lowest BCUT2D eigenvalue weighted by atomic mass is 9.88. The zero-order valence-corrected chi connectivity index (χ0v) is 21.0. The van der Waals surface area contributed by atoms with Crippen LogP contribution < -0.4 is 4.72 Å². The molecule has 2 aromatic carbocycles. The largest absolute Gasteiger partial charge is 0.349 e. The number of aromatic amines is 1. The van der Waals surface area contributed by atoms with Crippen LogP contribution in [0.1, 0.15) is 47.0 Å². The third-order valence-electron chi connectivity index (χ3n) is 5.76. The molecule has 0 spiro atoms. The number of benzene rings is 2. The number of hydrogen-bond acceptors (Lipinski definition) is 6. The second-order valence-corrected chi connectivity index (χ2v) is 10.4. The van der Waals surface area contributed by atoms with Gasteiger partial charge >= 0.3 is 0 Å². The molecule has 0 radical (unpaired) electrons. The predicted octanol–water partition coefficient (Wildman–Crippen LogP) is 3.06. The highest BCUT2D eigenvalue weighted by Crippen LogP contribution is 2.35. The number of carbonyl (C=O) groups excluding carboxylic acids is 1. The van der Waals surface area contributed by atoms with E-state index < -0.39 is 27.8 Å². The van der Waals surface area contributed by atoms with Crippen molar-refractivity contribution in [3.8, 4) is 0 Å². The van der Waals surface area contributed by atoms with Crippen LogP contribution in [0, 0.1) is 19.7 Å². The first kappa shape index (κ1) is 25.7. The molecule has 0 aliphatic rings. The Labute approximate surface area is 202 Å². The quantitative estimate of drug-likeness (QED) is 0.482. The fourth-order valence-corrected chi connectivity index (χ4v) is 5.40. The van der Waals surface area contributed by atoms with Gasteiger partial charge in [0.05, 0.1) is 17.4 Å². The van der Waals surface area contributed by atoms with Crippen LogP contribution in [0.2, 0.25) is 5.02 Å². The van der Waals surface area contributed by atoms with E-state index in [1.807, 2.05) is 6.92 Å². The van der Waals surface area contributed by atoms with Crippen molar-refractivity contribution in [1.29, 1.82) is 0 Å². The van der Waals surface area contributed by atoms with E-state index in [0.717, 1.165) is 5.56 Å². The van der Waals surface area contributed by atoms with Crippen molar-refractivity contribution in [2.24, 2.45) is 0 Å². The van der Waals surface area contributed by atoms with Gasteiger partial charge in [0.15, 0.2) is 5.82 Å². The molecule has 0 unspecified atom stereocenters. The van der Waals surface area contributed by atoms with Crippen LogP contribution in [0.4, 0.5) is 4.39 Å². The standard InChI is InChI=1S/C22H26ClFN6O3S/c1-12-6-8-17(24)20(13(12)2)14(3)21(22-25-28-29-26-22)27-34(32,33)18-9-7-16(23)10-15(18)11-19(31)30(4)5/h6-10,14,21,27H,11H2,1-5H3,(H,25,26,28,29)/t14-,21+/m1/s1. The van der Waals surface area contributed by atoms with E-state index in [1.165, 1.54) is 29.2 Å². The van der Waals surface area contributed by atoms with E-state index in [0.29, 0.717) is 16.1 Å². The molecule has 3 rings (SSSR count). The third kappa shape index (κ3) is 5.43. The number of likely N-dealkylation sites (N-methyl/N-ethyl adjacent to an activating group) is 1. The summed E-state index contributed by atoms with van der Waals surface area (Å²) in [6, 6.07) is 6.16. The van der Waals surface area contributed by atoms with Gasteiger partial charge in [0, 0.05) is 25.0 Å². The Morgan fingerprint density at radius 1 is 1.24 bits per heavy atom. The van der Waals surface area contributed by atoms with Crippen molar-refractivity contribution < 1.29 is 17.6 Å². The van der Waals surface area contributed by atoms with Crippen LogP contribution in [0.15, 0.2) is 35.2 Å². The Morgan fingerprint density at radius 2 is 1.94 bits per heavy atom. The number of nitrogens with zero attached hydrogens (tertiary/aromatic N) is 4. The lowest BCUT2D eigenvalue weighted by Gasteiger charge is -2.25. The molecule has 12 heteroatoms. The van der Waals surface area contributed by atoms with Crippen molar-refractivity contribution in [2.75, 3.05) is 14.1 Å². The molecule has 0 aliphatic carbocycles. The van der Waals surface area contributed by atoms with E-state index in [2.05, 4.69) is 25.3 Å². The third-order valence-corrected chi connectivity index (χ3v) is 7.54. The van der Waals surface area contributed by atoms with E-state index in [-0.39, 0.29) is 28.6 Å². The highest BCUT2D eigenvalue weighted by Gasteiger charge is 2.33. The summed E-state index contributed by atoms with van der Waals surface area (Å²) in [5.74, 6) is -1.39. The first-order valence-corrected chi connectivity index (χ1v) is 12.3. The first-order chi connectivity index (χ1) is 15.9. The summed E-state index contributed by atoms with van der Waals surface area (Å²) in [6.45, 7) is 5.31. The molecule has 2 N–H and O–H groups in total. The smallest absolute Gasteiger partial charge is 0.241 e. The first-order valence-electron chi connectivity index (χ1n) is 10.4. The second kappa shape index (κ2) is 10.2. The normalized spacial score (nSPS) is 13.5. The monoisotopic (exact) mass is 508 g/mol. The molecule has 182 valence electrons. The summed E-state index contributed by atoms with van der Waals surface area (Å²) >= 11 is 6.08. The zero-order chi connectivity index (χ0) is 25.2. The SMILES string of the molecule is Cc1ccc(F)c([C@@H](C)[C@H](NS(=O)(=O)c2ccc(Cl)cc2CC(=O)N(C)C)c2nn[nH]n2)c1C. The van der Waals surface area contributed by atoms with Gasteiger partial charge in [-0.1, -0.05) is 29.8 Å². The van der Waals surface area contributed by atoms with Gasteiger partial charge in [-0.3, -0.25) is 4.79 Å². The summed E-state index contributed by atoms with van der Waals surface area (Å²) < 4.78 is 44.5. The van der Waals surface area contributed by atoms with E-state index in [9.17, 15) is 17.6 Å². The lowest BCUT2D eigenvalue weighted by Crippen LogP contribution is -2.34. The van der Waals surface area contributed by atoms with Crippen molar-refractivity contribution in [3.63, 3.8) is 0 Å². The molecule has 2 atom stereocenters. The summed E-state index contributed by atoms with van der Waals surface area (Å²) in [6.07, 6.45) is -0.169. The van der Waals surface area contributed by atoms with Crippen LogP contribution in [-0.2, 0) is 21.2 Å². The fourth-order valence-electron chi connectivity index (χ4n) is 3.71. The number of aryl methyl sites for hydroxylation is 1. The van der Waals surface area contributed by atoms with Gasteiger partial charge in [0.2, 0.25) is 15.9 Å². The summed E-state index contributed by atoms with van der Waals surface area (Å²) in [4.78, 5) is 13.5. The van der Waals surface area contributed by atoms with Gasteiger partial charge in [-0.2, -0.15) is 9.94 Å². The molecule has 34 heavy (non-hydrogen) atoms. The molecule has 9 nitrogen and oxygen atoms in total. The number of tetrazole rings is 1. The van der Waals surface area contributed by atoms with Gasteiger partial charge in [0.1, 0.15) is 5.82 Å². The number of halogens is 2. The summed E-state index contributed by atoms with van der Waals surface area (Å²) in [7, 11) is -1.07. The molecule has 0 bridgehead atoms. The highest BCUT2D eigenvalue weighted by atomic mass is 35.5. The molecule has 1 amide bonds. The molecule has 3 aromatic rings. The average Bonchev–Trinajstić information content (AvgIpc) is 3.29. The Morgan fingerprint density at radius 3 is 2.56 bits per heavy atom. The number of hydrogen-bond donors (Lipinski definition) is 2. The summed E-state index contributed by atoms with van der Waals surface area (Å²) in [5.41, 5.74) is 2.14. The van der Waals surface area contributed by atoms with Gasteiger partial charge < -0.3 is 4.90 Å². The molecule has 0 aliphatic heterocycles. The maximum absolute atomic E-state index is 14.9. The van der Waals surface area contributed by atoms with Crippen LogP contribution in [-0.4, -0.2) is 53.9 Å². The second-order valence-electron chi connectivity index (χ2n) is 8.28. The van der Waals surface area contributed by atoms with E-state index in [1.54, 1.807) is 34.0 Å². The topological polar surface area (TPSA) is 121 Å². The number of H-pyrrole nitrogens is 1. The lowest BCUT2D eigenvalue weighted by molar-refractivity contribution is -0.128. The number of aromatic nitrogens is 4. The van der Waals surface area contributed by atoms with Crippen molar-refractivity contribution in [3.05, 3.63) is 69.2 Å². The number of sulfonamides is 1. The Kier molecular flexibility index (Phi) is 7.69. The Hall–Kier alpha value is -2.89.